The summed E-state index contributed by atoms with van der Waals surface area (Å²) in [7, 11) is 4.11. The highest BCUT2D eigenvalue weighted by Crippen LogP contribution is 2.27. The highest BCUT2D eigenvalue weighted by Gasteiger charge is 2.21. The number of nitrogens with zero attached hydrogens (tertiary/aromatic N) is 4. The minimum Gasteiger partial charge on any atom is -0.478 e. The van der Waals surface area contributed by atoms with Crippen molar-refractivity contribution in [1.29, 1.82) is 0 Å². The number of aromatic nitrogens is 4. The first kappa shape index (κ1) is 38.1. The van der Waals surface area contributed by atoms with Crippen LogP contribution in [-0.2, 0) is 9.47 Å². The molecule has 0 aliphatic carbocycles. The molecule has 49 heavy (non-hydrogen) atoms. The van der Waals surface area contributed by atoms with E-state index in [9.17, 15) is 19.2 Å². The number of methoxy groups -OCH3 is 2. The van der Waals surface area contributed by atoms with E-state index in [-0.39, 0.29) is 37.7 Å². The van der Waals surface area contributed by atoms with Crippen LogP contribution < -0.4 is 5.32 Å². The lowest BCUT2D eigenvalue weighted by Gasteiger charge is -2.04. The SMILES string of the molecule is C.C.CNC(=O)c1ccc2c(c1)c(C(=O)OC)nn2-c1cccc(Br)c1.COC(=O)c1nn(-c2cccc(Br)c2)c2ccc(C(=O)O)cc12. The van der Waals surface area contributed by atoms with Crippen LogP contribution in [0.15, 0.2) is 93.9 Å². The summed E-state index contributed by atoms with van der Waals surface area (Å²) in [5.74, 6) is -2.48. The predicted octanol–water partition coefficient (Wildman–Crippen LogP) is 7.48. The molecule has 0 saturated carbocycles. The first-order valence-electron chi connectivity index (χ1n) is 13.8. The molecule has 0 atom stereocenters. The van der Waals surface area contributed by atoms with Crippen LogP contribution >= 0.6 is 31.9 Å². The Kier molecular flexibility index (Phi) is 12.6. The number of carboxylic acids is 1. The molecular formula is C35H33Br2N5O7. The van der Waals surface area contributed by atoms with Gasteiger partial charge in [-0.2, -0.15) is 10.2 Å². The van der Waals surface area contributed by atoms with Crippen molar-refractivity contribution >= 4 is 77.5 Å². The summed E-state index contributed by atoms with van der Waals surface area (Å²) in [6, 6.07) is 24.6. The first-order chi connectivity index (χ1) is 22.6. The van der Waals surface area contributed by atoms with Gasteiger partial charge in [0.2, 0.25) is 0 Å². The van der Waals surface area contributed by atoms with Crippen LogP contribution in [0.5, 0.6) is 0 Å². The van der Waals surface area contributed by atoms with Gasteiger partial charge < -0.3 is 19.9 Å². The van der Waals surface area contributed by atoms with Crippen molar-refractivity contribution in [1.82, 2.24) is 24.9 Å². The molecule has 4 aromatic carbocycles. The molecule has 0 radical (unpaired) electrons. The Morgan fingerprint density at radius 1 is 0.673 bits per heavy atom. The van der Waals surface area contributed by atoms with E-state index in [1.165, 1.54) is 26.4 Å². The lowest BCUT2D eigenvalue weighted by molar-refractivity contribution is 0.0587. The fourth-order valence-corrected chi connectivity index (χ4v) is 5.53. The standard InChI is InChI=1S/C17H14BrN3O3.C16H11BrN2O4.2CH4/c1-19-16(22)10-6-7-14-13(8-10)15(17(23)24-2)20-21(14)12-5-3-4-11(18)9-12;1-23-16(22)14-12-7-9(15(20)21)5-6-13(12)19(18-14)11-4-2-3-10(17)8-11;;/h3-9H,1-2H3,(H,19,22);2-8H,1H3,(H,20,21);2*1H4. The van der Waals surface area contributed by atoms with Gasteiger partial charge in [0.05, 0.1) is 42.2 Å². The van der Waals surface area contributed by atoms with E-state index >= 15 is 0 Å². The van der Waals surface area contributed by atoms with Gasteiger partial charge in [0.15, 0.2) is 11.4 Å². The summed E-state index contributed by atoms with van der Waals surface area (Å²) < 4.78 is 14.6. The Bertz CT molecular complexity index is 2190. The van der Waals surface area contributed by atoms with Crippen molar-refractivity contribution in [3.8, 4) is 11.4 Å². The number of aromatic carboxylic acids is 1. The van der Waals surface area contributed by atoms with Gasteiger partial charge in [-0.15, -0.1) is 0 Å². The van der Waals surface area contributed by atoms with E-state index in [0.717, 1.165) is 20.3 Å². The van der Waals surface area contributed by atoms with Gasteiger partial charge in [0.25, 0.3) is 5.91 Å². The number of ether oxygens (including phenoxy) is 2. The van der Waals surface area contributed by atoms with Gasteiger partial charge in [-0.3, -0.25) is 4.79 Å². The maximum Gasteiger partial charge on any atom is 0.359 e. The molecule has 0 aliphatic heterocycles. The van der Waals surface area contributed by atoms with Crippen LogP contribution in [0.1, 0.15) is 56.5 Å². The summed E-state index contributed by atoms with van der Waals surface area (Å²) >= 11 is 6.82. The van der Waals surface area contributed by atoms with Gasteiger partial charge in [-0.25, -0.2) is 23.7 Å². The third-order valence-electron chi connectivity index (χ3n) is 6.96. The Morgan fingerprint density at radius 3 is 1.49 bits per heavy atom. The third kappa shape index (κ3) is 7.87. The number of rotatable bonds is 6. The zero-order chi connectivity index (χ0) is 33.8. The van der Waals surface area contributed by atoms with Gasteiger partial charge in [0, 0.05) is 32.3 Å². The molecule has 6 aromatic rings. The summed E-state index contributed by atoms with van der Waals surface area (Å²) in [5.41, 5.74) is 3.62. The molecule has 0 unspecified atom stereocenters. The molecule has 2 aromatic heterocycles. The number of nitrogens with one attached hydrogen (secondary N) is 1. The quantitative estimate of drug-likeness (QED) is 0.163. The largest absolute Gasteiger partial charge is 0.478 e. The van der Waals surface area contributed by atoms with E-state index < -0.39 is 17.9 Å². The lowest BCUT2D eigenvalue weighted by Crippen LogP contribution is -2.17. The fourth-order valence-electron chi connectivity index (χ4n) is 4.76. The molecule has 0 spiro atoms. The minimum absolute atomic E-state index is 0. The number of esters is 2. The smallest absolute Gasteiger partial charge is 0.359 e. The second-order valence-corrected chi connectivity index (χ2v) is 11.6. The molecule has 2 heterocycles. The molecule has 6 rings (SSSR count). The molecule has 254 valence electrons. The van der Waals surface area contributed by atoms with E-state index in [1.807, 2.05) is 48.5 Å². The Labute approximate surface area is 298 Å². The number of hydrogen-bond donors (Lipinski definition) is 2. The number of carbonyl (C=O) groups is 4. The van der Waals surface area contributed by atoms with Crippen molar-refractivity contribution in [2.75, 3.05) is 21.3 Å². The molecule has 0 bridgehead atoms. The van der Waals surface area contributed by atoms with Gasteiger partial charge in [-0.1, -0.05) is 58.8 Å². The van der Waals surface area contributed by atoms with Crippen LogP contribution in [0.4, 0.5) is 0 Å². The molecule has 0 aliphatic rings. The van der Waals surface area contributed by atoms with E-state index in [4.69, 9.17) is 14.6 Å². The number of benzene rings is 4. The molecule has 14 heteroatoms. The molecule has 12 nitrogen and oxygen atoms in total. The molecule has 1 amide bonds. The molecular weight excluding hydrogens is 762 g/mol. The molecule has 0 saturated heterocycles. The highest BCUT2D eigenvalue weighted by atomic mass is 79.9. The Hall–Kier alpha value is -5.34. The number of carbonyl (C=O) groups excluding carboxylic acids is 3. The van der Waals surface area contributed by atoms with Crippen LogP contribution in [0.3, 0.4) is 0 Å². The molecule has 2 N–H and O–H groups in total. The second-order valence-electron chi connectivity index (χ2n) is 9.81. The average Bonchev–Trinajstić information content (AvgIpc) is 3.66. The maximum atomic E-state index is 12.1. The van der Waals surface area contributed by atoms with E-state index in [0.29, 0.717) is 27.4 Å². The van der Waals surface area contributed by atoms with Crippen molar-refractivity contribution in [3.05, 3.63) is 116 Å². The van der Waals surface area contributed by atoms with Crippen LogP contribution in [-0.4, -0.2) is 69.7 Å². The van der Waals surface area contributed by atoms with Crippen molar-refractivity contribution < 1.29 is 33.8 Å². The molecule has 0 fully saturated rings. The van der Waals surface area contributed by atoms with Crippen molar-refractivity contribution in [3.63, 3.8) is 0 Å². The zero-order valence-corrected chi connectivity index (χ0v) is 28.2. The summed E-state index contributed by atoms with van der Waals surface area (Å²) in [5, 5.41) is 21.4. The van der Waals surface area contributed by atoms with Crippen LogP contribution in [0.25, 0.3) is 33.2 Å². The summed E-state index contributed by atoms with van der Waals surface area (Å²) in [6.45, 7) is 0. The Morgan fingerprint density at radius 2 is 1.10 bits per heavy atom. The third-order valence-corrected chi connectivity index (χ3v) is 7.95. The van der Waals surface area contributed by atoms with Gasteiger partial charge in [-0.05, 0) is 72.8 Å². The highest BCUT2D eigenvalue weighted by molar-refractivity contribution is 9.10. The van der Waals surface area contributed by atoms with E-state index in [2.05, 4.69) is 47.4 Å². The zero-order valence-electron chi connectivity index (χ0n) is 25.0. The van der Waals surface area contributed by atoms with Crippen LogP contribution in [0, 0.1) is 0 Å². The number of halogens is 2. The predicted molar refractivity (Wildman–Crippen MR) is 194 cm³/mol. The van der Waals surface area contributed by atoms with Crippen molar-refractivity contribution in [2.24, 2.45) is 0 Å². The van der Waals surface area contributed by atoms with Gasteiger partial charge >= 0.3 is 17.9 Å². The second kappa shape index (κ2) is 16.2. The first-order valence-corrected chi connectivity index (χ1v) is 15.3. The monoisotopic (exact) mass is 793 g/mol. The maximum absolute atomic E-state index is 12.1. The number of fused-ring (bicyclic) bond motifs is 2. The lowest BCUT2D eigenvalue weighted by atomic mass is 10.1. The average molecular weight is 795 g/mol. The van der Waals surface area contributed by atoms with Crippen molar-refractivity contribution in [2.45, 2.75) is 14.9 Å². The van der Waals surface area contributed by atoms with Crippen LogP contribution in [0.2, 0.25) is 0 Å². The van der Waals surface area contributed by atoms with Gasteiger partial charge in [0.1, 0.15) is 0 Å². The van der Waals surface area contributed by atoms with E-state index in [1.54, 1.807) is 40.7 Å². The number of carboxylic acid groups (broad SMARTS) is 1. The summed E-state index contributed by atoms with van der Waals surface area (Å²) in [6.07, 6.45) is 0. The minimum atomic E-state index is -1.07. The normalized spacial score (nSPS) is 10.2. The number of amides is 1. The number of hydrogen-bond acceptors (Lipinski definition) is 8. The summed E-state index contributed by atoms with van der Waals surface area (Å²) in [4.78, 5) is 47.1. The topological polar surface area (TPSA) is 155 Å². The Balaban J connectivity index is 0.000000255. The fraction of sp³-hybridized carbons (Fsp3) is 0.143.